The summed E-state index contributed by atoms with van der Waals surface area (Å²) in [5.74, 6) is -0.0301. The lowest BCUT2D eigenvalue weighted by molar-refractivity contribution is -0.121. The zero-order chi connectivity index (χ0) is 13.9. The third-order valence-electron chi connectivity index (χ3n) is 3.49. The molecule has 0 saturated heterocycles. The van der Waals surface area contributed by atoms with E-state index in [4.69, 9.17) is 0 Å². The summed E-state index contributed by atoms with van der Waals surface area (Å²) in [4.78, 5) is 26.7. The van der Waals surface area contributed by atoms with Gasteiger partial charge in [-0.05, 0) is 18.9 Å². The Labute approximate surface area is 120 Å². The molecule has 1 N–H and O–H groups in total. The summed E-state index contributed by atoms with van der Waals surface area (Å²) in [6.45, 7) is 3.44. The predicted octanol–water partition coefficient (Wildman–Crippen LogP) is 1.32. The minimum absolute atomic E-state index is 0.0301. The van der Waals surface area contributed by atoms with E-state index < -0.39 is 0 Å². The van der Waals surface area contributed by atoms with Gasteiger partial charge in [0.25, 0.3) is 0 Å². The Hall–Kier alpha value is -1.86. The molecular formula is C13H15N5OS. The highest BCUT2D eigenvalue weighted by Gasteiger charge is 2.26. The molecule has 0 bridgehead atoms. The van der Waals surface area contributed by atoms with Crippen LogP contribution >= 0.6 is 11.3 Å². The van der Waals surface area contributed by atoms with Crippen LogP contribution in [-0.4, -0.2) is 38.3 Å². The zero-order valence-corrected chi connectivity index (χ0v) is 11.9. The standard InChI is InChI=1S/C13H15N5OS/c1-9(12(19)17-13-15-3-5-20-13)18-4-2-10-6-14-8-16-11(10)7-18/h3,5-6,8-9H,2,4,7H2,1H3,(H,15,17,19)/t9-/m1/s1. The van der Waals surface area contributed by atoms with Gasteiger partial charge in [-0.1, -0.05) is 0 Å². The highest BCUT2D eigenvalue weighted by Crippen LogP contribution is 2.18. The van der Waals surface area contributed by atoms with Crippen molar-refractivity contribution in [3.05, 3.63) is 35.4 Å². The van der Waals surface area contributed by atoms with E-state index in [0.29, 0.717) is 11.7 Å². The van der Waals surface area contributed by atoms with Gasteiger partial charge < -0.3 is 5.32 Å². The van der Waals surface area contributed by atoms with Gasteiger partial charge in [0.2, 0.25) is 5.91 Å². The summed E-state index contributed by atoms with van der Waals surface area (Å²) in [6.07, 6.45) is 5.98. The average molecular weight is 289 g/mol. The summed E-state index contributed by atoms with van der Waals surface area (Å²) < 4.78 is 0. The number of nitrogens with zero attached hydrogens (tertiary/aromatic N) is 4. The Morgan fingerprint density at radius 3 is 3.20 bits per heavy atom. The van der Waals surface area contributed by atoms with Crippen LogP contribution in [0.2, 0.25) is 0 Å². The van der Waals surface area contributed by atoms with Crippen LogP contribution < -0.4 is 5.32 Å². The maximum Gasteiger partial charge on any atom is 0.243 e. The van der Waals surface area contributed by atoms with Gasteiger partial charge in [0.05, 0.1) is 11.7 Å². The van der Waals surface area contributed by atoms with Crippen LogP contribution in [0.25, 0.3) is 0 Å². The van der Waals surface area contributed by atoms with Crippen molar-refractivity contribution in [2.45, 2.75) is 25.9 Å². The smallest absolute Gasteiger partial charge is 0.243 e. The molecule has 0 aromatic carbocycles. The third-order valence-corrected chi connectivity index (χ3v) is 4.18. The first-order valence-corrected chi connectivity index (χ1v) is 7.34. The van der Waals surface area contributed by atoms with Gasteiger partial charge in [0.15, 0.2) is 5.13 Å². The number of nitrogens with one attached hydrogen (secondary N) is 1. The molecule has 0 radical (unpaired) electrons. The maximum atomic E-state index is 12.2. The van der Waals surface area contributed by atoms with Crippen molar-refractivity contribution in [1.82, 2.24) is 19.9 Å². The number of thiazole rings is 1. The lowest BCUT2D eigenvalue weighted by Gasteiger charge is -2.31. The molecule has 104 valence electrons. The van der Waals surface area contributed by atoms with Crippen LogP contribution in [0.1, 0.15) is 18.2 Å². The Morgan fingerprint density at radius 2 is 2.40 bits per heavy atom. The predicted molar refractivity (Wildman–Crippen MR) is 76.4 cm³/mol. The fourth-order valence-electron chi connectivity index (χ4n) is 2.26. The quantitative estimate of drug-likeness (QED) is 0.922. The molecule has 0 unspecified atom stereocenters. The number of rotatable bonds is 3. The summed E-state index contributed by atoms with van der Waals surface area (Å²) in [5.41, 5.74) is 2.19. The minimum atomic E-state index is -0.206. The zero-order valence-electron chi connectivity index (χ0n) is 11.1. The topological polar surface area (TPSA) is 71.0 Å². The first-order valence-electron chi connectivity index (χ1n) is 6.46. The van der Waals surface area contributed by atoms with E-state index in [1.807, 2.05) is 18.5 Å². The molecule has 6 nitrogen and oxygen atoms in total. The van der Waals surface area contributed by atoms with Crippen LogP contribution in [-0.2, 0) is 17.8 Å². The van der Waals surface area contributed by atoms with E-state index >= 15 is 0 Å². The first kappa shape index (κ1) is 13.1. The second kappa shape index (κ2) is 5.64. The van der Waals surface area contributed by atoms with Crippen LogP contribution in [0.3, 0.4) is 0 Å². The number of anilines is 1. The molecular weight excluding hydrogens is 274 g/mol. The van der Waals surface area contributed by atoms with E-state index in [2.05, 4.69) is 25.2 Å². The number of hydrogen-bond donors (Lipinski definition) is 1. The second-order valence-corrected chi connectivity index (χ2v) is 5.61. The molecule has 0 saturated carbocycles. The second-order valence-electron chi connectivity index (χ2n) is 4.72. The van der Waals surface area contributed by atoms with Crippen molar-refractivity contribution in [3.8, 4) is 0 Å². The molecule has 7 heteroatoms. The minimum Gasteiger partial charge on any atom is -0.301 e. The highest BCUT2D eigenvalue weighted by molar-refractivity contribution is 7.13. The normalized spacial score (nSPS) is 16.4. The summed E-state index contributed by atoms with van der Waals surface area (Å²) in [5, 5.41) is 5.32. The molecule has 3 heterocycles. The fraction of sp³-hybridized carbons (Fsp3) is 0.385. The molecule has 2 aromatic heterocycles. The molecule has 0 spiro atoms. The van der Waals surface area contributed by atoms with Gasteiger partial charge in [-0.25, -0.2) is 15.0 Å². The SMILES string of the molecule is C[C@H](C(=O)Nc1nccs1)N1CCc2cncnc2C1. The molecule has 1 atom stereocenters. The van der Waals surface area contributed by atoms with Gasteiger partial charge in [0, 0.05) is 30.9 Å². The van der Waals surface area contributed by atoms with Crippen molar-refractivity contribution in [3.63, 3.8) is 0 Å². The largest absolute Gasteiger partial charge is 0.301 e. The number of carbonyl (C=O) groups is 1. The molecule has 1 aliphatic heterocycles. The lowest BCUT2D eigenvalue weighted by atomic mass is 10.1. The molecule has 20 heavy (non-hydrogen) atoms. The Bertz CT molecular complexity index is 601. The van der Waals surface area contributed by atoms with Crippen molar-refractivity contribution in [2.24, 2.45) is 0 Å². The number of aromatic nitrogens is 3. The summed E-state index contributed by atoms with van der Waals surface area (Å²) in [6, 6.07) is -0.206. The van der Waals surface area contributed by atoms with E-state index in [-0.39, 0.29) is 11.9 Å². The van der Waals surface area contributed by atoms with Crippen molar-refractivity contribution in [2.75, 3.05) is 11.9 Å². The number of amides is 1. The number of fused-ring (bicyclic) bond motifs is 1. The Morgan fingerprint density at radius 1 is 1.50 bits per heavy atom. The van der Waals surface area contributed by atoms with Gasteiger partial charge >= 0.3 is 0 Å². The molecule has 2 aromatic rings. The lowest BCUT2D eigenvalue weighted by Crippen LogP contribution is -2.44. The summed E-state index contributed by atoms with van der Waals surface area (Å²) in [7, 11) is 0. The number of hydrogen-bond acceptors (Lipinski definition) is 6. The Kier molecular flexibility index (Phi) is 3.70. The number of carbonyl (C=O) groups excluding carboxylic acids is 1. The van der Waals surface area contributed by atoms with Gasteiger partial charge in [-0.3, -0.25) is 9.69 Å². The van der Waals surface area contributed by atoms with Crippen LogP contribution in [0, 0.1) is 0 Å². The molecule has 0 aliphatic carbocycles. The molecule has 3 rings (SSSR count). The first-order chi connectivity index (χ1) is 9.74. The average Bonchev–Trinajstić information content (AvgIpc) is 2.99. The van der Waals surface area contributed by atoms with Gasteiger partial charge in [-0.15, -0.1) is 11.3 Å². The summed E-state index contributed by atoms with van der Waals surface area (Å²) >= 11 is 1.42. The van der Waals surface area contributed by atoms with Gasteiger partial charge in [-0.2, -0.15) is 0 Å². The molecule has 0 fully saturated rings. The monoisotopic (exact) mass is 289 g/mol. The van der Waals surface area contributed by atoms with Gasteiger partial charge in [0.1, 0.15) is 6.33 Å². The van der Waals surface area contributed by atoms with E-state index in [1.165, 1.54) is 16.9 Å². The third kappa shape index (κ3) is 2.68. The van der Waals surface area contributed by atoms with Crippen LogP contribution in [0.5, 0.6) is 0 Å². The van der Waals surface area contributed by atoms with E-state index in [9.17, 15) is 4.79 Å². The van der Waals surface area contributed by atoms with E-state index in [1.54, 1.807) is 12.5 Å². The molecule has 1 aliphatic rings. The molecule has 1 amide bonds. The van der Waals surface area contributed by atoms with Crippen molar-refractivity contribution in [1.29, 1.82) is 0 Å². The Balaban J connectivity index is 1.66. The maximum absolute atomic E-state index is 12.2. The van der Waals surface area contributed by atoms with Crippen LogP contribution in [0.4, 0.5) is 5.13 Å². The van der Waals surface area contributed by atoms with E-state index in [0.717, 1.165) is 18.7 Å². The van der Waals surface area contributed by atoms with Crippen LogP contribution in [0.15, 0.2) is 24.1 Å². The van der Waals surface area contributed by atoms with Crippen molar-refractivity contribution < 1.29 is 4.79 Å². The highest BCUT2D eigenvalue weighted by atomic mass is 32.1. The fourth-order valence-corrected chi connectivity index (χ4v) is 2.79. The van der Waals surface area contributed by atoms with Crippen molar-refractivity contribution >= 4 is 22.4 Å².